The third-order valence-electron chi connectivity index (χ3n) is 3.50. The second-order valence-corrected chi connectivity index (χ2v) is 5.29. The Balaban J connectivity index is 1.96. The highest BCUT2D eigenvalue weighted by molar-refractivity contribution is 5.95. The Morgan fingerprint density at radius 1 is 0.958 bits per heavy atom. The SMILES string of the molecule is CCC(=O)Nc1cccc(NCC(=O)Nc2ccc(F)cc2)c1C. The molecular formula is C18H20FN3O2. The van der Waals surface area contributed by atoms with Gasteiger partial charge in [-0.2, -0.15) is 0 Å². The van der Waals surface area contributed by atoms with Crippen molar-refractivity contribution in [2.24, 2.45) is 0 Å². The van der Waals surface area contributed by atoms with E-state index in [0.717, 1.165) is 11.3 Å². The molecule has 0 aliphatic heterocycles. The van der Waals surface area contributed by atoms with E-state index in [1.807, 2.05) is 19.1 Å². The zero-order chi connectivity index (χ0) is 17.5. The van der Waals surface area contributed by atoms with Crippen molar-refractivity contribution in [3.05, 3.63) is 53.8 Å². The summed E-state index contributed by atoms with van der Waals surface area (Å²) in [4.78, 5) is 23.5. The fourth-order valence-electron chi connectivity index (χ4n) is 2.12. The topological polar surface area (TPSA) is 70.2 Å². The molecular weight excluding hydrogens is 309 g/mol. The molecule has 0 atom stereocenters. The minimum absolute atomic E-state index is 0.0589. The predicted octanol–water partition coefficient (Wildman–Crippen LogP) is 3.53. The number of hydrogen-bond acceptors (Lipinski definition) is 3. The second-order valence-electron chi connectivity index (χ2n) is 5.29. The van der Waals surface area contributed by atoms with Crippen LogP contribution in [-0.4, -0.2) is 18.4 Å². The van der Waals surface area contributed by atoms with Crippen LogP contribution in [0.15, 0.2) is 42.5 Å². The molecule has 0 spiro atoms. The van der Waals surface area contributed by atoms with E-state index in [9.17, 15) is 14.0 Å². The van der Waals surface area contributed by atoms with Crippen LogP contribution in [0.3, 0.4) is 0 Å². The molecule has 0 aliphatic rings. The van der Waals surface area contributed by atoms with Crippen molar-refractivity contribution in [1.82, 2.24) is 0 Å². The Hall–Kier alpha value is -2.89. The Morgan fingerprint density at radius 3 is 2.29 bits per heavy atom. The third kappa shape index (κ3) is 4.81. The highest BCUT2D eigenvalue weighted by atomic mass is 19.1. The van der Waals surface area contributed by atoms with Gasteiger partial charge in [0.15, 0.2) is 0 Å². The Morgan fingerprint density at radius 2 is 1.62 bits per heavy atom. The van der Waals surface area contributed by atoms with E-state index < -0.39 is 0 Å². The quantitative estimate of drug-likeness (QED) is 0.759. The van der Waals surface area contributed by atoms with Crippen molar-refractivity contribution >= 4 is 28.9 Å². The molecule has 2 amide bonds. The van der Waals surface area contributed by atoms with Gasteiger partial charge in [-0.25, -0.2) is 4.39 Å². The lowest BCUT2D eigenvalue weighted by Gasteiger charge is -2.14. The molecule has 6 heteroatoms. The summed E-state index contributed by atoms with van der Waals surface area (Å²) in [5, 5.41) is 8.53. The van der Waals surface area contributed by atoms with Gasteiger partial charge in [-0.15, -0.1) is 0 Å². The molecule has 0 aromatic heterocycles. The molecule has 0 bridgehead atoms. The van der Waals surface area contributed by atoms with Gasteiger partial charge in [0.25, 0.3) is 0 Å². The molecule has 0 saturated heterocycles. The molecule has 0 saturated carbocycles. The van der Waals surface area contributed by atoms with E-state index in [-0.39, 0.29) is 24.2 Å². The number of halogens is 1. The summed E-state index contributed by atoms with van der Waals surface area (Å²) in [5.41, 5.74) is 2.86. The lowest BCUT2D eigenvalue weighted by Crippen LogP contribution is -2.22. The normalized spacial score (nSPS) is 10.1. The standard InChI is InChI=1S/C18H20FN3O2/c1-3-17(23)22-16-6-4-5-15(12(16)2)20-11-18(24)21-14-9-7-13(19)8-10-14/h4-10,20H,3,11H2,1-2H3,(H,21,24)(H,22,23). The van der Waals surface area contributed by atoms with Crippen LogP contribution in [0.25, 0.3) is 0 Å². The fraction of sp³-hybridized carbons (Fsp3) is 0.222. The first-order valence-electron chi connectivity index (χ1n) is 7.68. The van der Waals surface area contributed by atoms with E-state index in [1.165, 1.54) is 24.3 Å². The molecule has 5 nitrogen and oxygen atoms in total. The molecule has 2 rings (SSSR count). The summed E-state index contributed by atoms with van der Waals surface area (Å²) in [5.74, 6) is -0.666. The van der Waals surface area contributed by atoms with Gasteiger partial charge in [-0.05, 0) is 48.9 Å². The van der Waals surface area contributed by atoms with Gasteiger partial charge >= 0.3 is 0 Å². The summed E-state index contributed by atoms with van der Waals surface area (Å²) >= 11 is 0. The highest BCUT2D eigenvalue weighted by Gasteiger charge is 2.08. The largest absolute Gasteiger partial charge is 0.376 e. The van der Waals surface area contributed by atoms with Gasteiger partial charge in [-0.1, -0.05) is 13.0 Å². The molecule has 0 fully saturated rings. The van der Waals surface area contributed by atoms with Crippen LogP contribution in [0.2, 0.25) is 0 Å². The number of rotatable bonds is 6. The Bertz CT molecular complexity index is 730. The van der Waals surface area contributed by atoms with Crippen LogP contribution in [0.5, 0.6) is 0 Å². The van der Waals surface area contributed by atoms with Gasteiger partial charge in [0.2, 0.25) is 11.8 Å². The first-order valence-corrected chi connectivity index (χ1v) is 7.68. The molecule has 24 heavy (non-hydrogen) atoms. The molecule has 0 aliphatic carbocycles. The zero-order valence-corrected chi connectivity index (χ0v) is 13.7. The van der Waals surface area contributed by atoms with Crippen LogP contribution < -0.4 is 16.0 Å². The smallest absolute Gasteiger partial charge is 0.243 e. The summed E-state index contributed by atoms with van der Waals surface area (Å²) < 4.78 is 12.8. The number of carbonyl (C=O) groups is 2. The van der Waals surface area contributed by atoms with Gasteiger partial charge in [0.05, 0.1) is 6.54 Å². The minimum Gasteiger partial charge on any atom is -0.376 e. The first kappa shape index (κ1) is 17.5. The van der Waals surface area contributed by atoms with E-state index in [1.54, 1.807) is 13.0 Å². The predicted molar refractivity (Wildman–Crippen MR) is 93.6 cm³/mol. The summed E-state index contributed by atoms with van der Waals surface area (Å²) in [6.45, 7) is 3.71. The number of amides is 2. The molecule has 126 valence electrons. The van der Waals surface area contributed by atoms with E-state index in [0.29, 0.717) is 17.8 Å². The summed E-state index contributed by atoms with van der Waals surface area (Å²) in [6.07, 6.45) is 0.400. The summed E-state index contributed by atoms with van der Waals surface area (Å²) in [6, 6.07) is 11.0. The van der Waals surface area contributed by atoms with Gasteiger partial charge < -0.3 is 16.0 Å². The fourth-order valence-corrected chi connectivity index (χ4v) is 2.12. The maximum absolute atomic E-state index is 12.8. The lowest BCUT2D eigenvalue weighted by molar-refractivity contribution is -0.116. The van der Waals surface area contributed by atoms with Crippen LogP contribution in [0.1, 0.15) is 18.9 Å². The molecule has 0 unspecified atom stereocenters. The Labute approximate surface area is 140 Å². The van der Waals surface area contributed by atoms with Crippen molar-refractivity contribution in [3.8, 4) is 0 Å². The number of carbonyl (C=O) groups excluding carboxylic acids is 2. The van der Waals surface area contributed by atoms with Gasteiger partial charge in [0.1, 0.15) is 5.82 Å². The molecule has 0 radical (unpaired) electrons. The Kier molecular flexibility index (Phi) is 5.89. The van der Waals surface area contributed by atoms with Crippen LogP contribution in [-0.2, 0) is 9.59 Å². The number of hydrogen-bond donors (Lipinski definition) is 3. The van der Waals surface area contributed by atoms with Crippen molar-refractivity contribution < 1.29 is 14.0 Å². The first-order chi connectivity index (χ1) is 11.5. The highest BCUT2D eigenvalue weighted by Crippen LogP contribution is 2.23. The molecule has 2 aromatic carbocycles. The molecule has 2 aromatic rings. The minimum atomic E-state index is -0.354. The van der Waals surface area contributed by atoms with Crippen molar-refractivity contribution in [2.45, 2.75) is 20.3 Å². The van der Waals surface area contributed by atoms with Gasteiger partial charge in [0, 0.05) is 23.5 Å². The van der Waals surface area contributed by atoms with Crippen molar-refractivity contribution in [1.29, 1.82) is 0 Å². The van der Waals surface area contributed by atoms with Crippen molar-refractivity contribution in [2.75, 3.05) is 22.5 Å². The maximum Gasteiger partial charge on any atom is 0.243 e. The summed E-state index contributed by atoms with van der Waals surface area (Å²) in [7, 11) is 0. The zero-order valence-electron chi connectivity index (χ0n) is 13.7. The number of benzene rings is 2. The number of nitrogens with one attached hydrogen (secondary N) is 3. The average molecular weight is 329 g/mol. The third-order valence-corrected chi connectivity index (χ3v) is 3.50. The second kappa shape index (κ2) is 8.10. The monoisotopic (exact) mass is 329 g/mol. The van der Waals surface area contributed by atoms with Crippen LogP contribution in [0.4, 0.5) is 21.5 Å². The van der Waals surface area contributed by atoms with Gasteiger partial charge in [-0.3, -0.25) is 9.59 Å². The van der Waals surface area contributed by atoms with Crippen LogP contribution in [0, 0.1) is 12.7 Å². The number of anilines is 3. The lowest BCUT2D eigenvalue weighted by atomic mass is 10.1. The average Bonchev–Trinajstić information content (AvgIpc) is 2.57. The van der Waals surface area contributed by atoms with Crippen LogP contribution >= 0.6 is 0 Å². The van der Waals surface area contributed by atoms with E-state index in [2.05, 4.69) is 16.0 Å². The molecule has 0 heterocycles. The van der Waals surface area contributed by atoms with E-state index >= 15 is 0 Å². The maximum atomic E-state index is 12.8. The van der Waals surface area contributed by atoms with E-state index in [4.69, 9.17) is 0 Å². The molecule has 3 N–H and O–H groups in total. The van der Waals surface area contributed by atoms with Crippen molar-refractivity contribution in [3.63, 3.8) is 0 Å².